The van der Waals surface area contributed by atoms with Crippen molar-refractivity contribution in [3.8, 4) is 0 Å². The number of anilines is 2. The lowest BCUT2D eigenvalue weighted by atomic mass is 10.1. The Hall–Kier alpha value is -3.16. The molecule has 164 valence electrons. The van der Waals surface area contributed by atoms with Crippen molar-refractivity contribution < 1.29 is 13.2 Å². The molecule has 0 atom stereocenters. The van der Waals surface area contributed by atoms with Crippen LogP contribution in [-0.4, -0.2) is 21.4 Å². The number of rotatable bonds is 6. The van der Waals surface area contributed by atoms with Crippen molar-refractivity contribution >= 4 is 48.7 Å². The van der Waals surface area contributed by atoms with Crippen LogP contribution in [0, 0.1) is 6.92 Å². The van der Waals surface area contributed by atoms with Crippen molar-refractivity contribution in [2.45, 2.75) is 25.2 Å². The Balaban J connectivity index is 1.58. The number of thiophene rings is 1. The van der Waals surface area contributed by atoms with E-state index in [0.717, 1.165) is 27.8 Å². The molecule has 1 heterocycles. The molecule has 0 radical (unpaired) electrons. The third-order valence-corrected chi connectivity index (χ3v) is 8.30. The number of nitrogens with zero attached hydrogens (tertiary/aromatic N) is 1. The topological polar surface area (TPSA) is 66.5 Å². The van der Waals surface area contributed by atoms with Crippen molar-refractivity contribution in [3.63, 3.8) is 0 Å². The molecular weight excluding hydrogens is 440 g/mol. The van der Waals surface area contributed by atoms with E-state index in [-0.39, 0.29) is 10.8 Å². The van der Waals surface area contributed by atoms with Gasteiger partial charge in [-0.05, 0) is 72.8 Å². The van der Waals surface area contributed by atoms with Crippen LogP contribution in [0.15, 0.2) is 77.7 Å². The Kier molecular flexibility index (Phi) is 6.04. The number of fused-ring (bicyclic) bond motifs is 1. The maximum absolute atomic E-state index is 13.0. The van der Waals surface area contributed by atoms with E-state index in [1.54, 1.807) is 42.5 Å². The van der Waals surface area contributed by atoms with E-state index >= 15 is 0 Å². The summed E-state index contributed by atoms with van der Waals surface area (Å²) in [5.74, 6) is -0.183. The van der Waals surface area contributed by atoms with Crippen molar-refractivity contribution in [2.24, 2.45) is 0 Å². The van der Waals surface area contributed by atoms with Gasteiger partial charge in [0.1, 0.15) is 0 Å². The molecule has 5 nitrogen and oxygen atoms in total. The highest BCUT2D eigenvalue weighted by molar-refractivity contribution is 7.92. The van der Waals surface area contributed by atoms with E-state index in [1.807, 2.05) is 37.3 Å². The average molecular weight is 465 g/mol. The summed E-state index contributed by atoms with van der Waals surface area (Å²) in [7, 11) is -2.14. The number of nitrogens with one attached hydrogen (secondary N) is 1. The molecule has 4 aromatic rings. The molecule has 0 bridgehead atoms. The monoisotopic (exact) mass is 464 g/mol. The fourth-order valence-electron chi connectivity index (χ4n) is 3.36. The fourth-order valence-corrected chi connectivity index (χ4v) is 5.49. The Bertz CT molecular complexity index is 1370. The average Bonchev–Trinajstić information content (AvgIpc) is 3.23. The fraction of sp³-hybridized carbons (Fsp3) is 0.160. The van der Waals surface area contributed by atoms with Crippen LogP contribution in [0.3, 0.4) is 0 Å². The SMILES string of the molecule is CCc1ccc(NC(=O)c2cc3cc(N(C)S(=O)(=O)c4ccc(C)cc4)ccc3s2)cc1. The van der Waals surface area contributed by atoms with Crippen molar-refractivity contribution in [1.29, 1.82) is 0 Å². The lowest BCUT2D eigenvalue weighted by Gasteiger charge is -2.19. The van der Waals surface area contributed by atoms with Gasteiger partial charge in [0, 0.05) is 17.4 Å². The quantitative estimate of drug-likeness (QED) is 0.389. The molecule has 0 aliphatic rings. The van der Waals surface area contributed by atoms with Gasteiger partial charge < -0.3 is 5.32 Å². The molecule has 0 fully saturated rings. The van der Waals surface area contributed by atoms with Gasteiger partial charge >= 0.3 is 0 Å². The predicted molar refractivity (Wildman–Crippen MR) is 132 cm³/mol. The first-order valence-corrected chi connectivity index (χ1v) is 12.5. The van der Waals surface area contributed by atoms with Gasteiger partial charge in [0.05, 0.1) is 15.5 Å². The van der Waals surface area contributed by atoms with Crippen molar-refractivity contribution in [1.82, 2.24) is 0 Å². The smallest absolute Gasteiger partial charge is 0.265 e. The largest absolute Gasteiger partial charge is 0.321 e. The van der Waals surface area contributed by atoms with Crippen LogP contribution in [0.2, 0.25) is 0 Å². The number of carbonyl (C=O) groups excluding carboxylic acids is 1. The zero-order chi connectivity index (χ0) is 22.9. The van der Waals surface area contributed by atoms with Crippen LogP contribution >= 0.6 is 11.3 Å². The second-order valence-electron chi connectivity index (χ2n) is 7.62. The maximum Gasteiger partial charge on any atom is 0.265 e. The van der Waals surface area contributed by atoms with Gasteiger partial charge in [-0.15, -0.1) is 11.3 Å². The molecule has 0 aliphatic carbocycles. The molecule has 0 unspecified atom stereocenters. The van der Waals surface area contributed by atoms with Crippen molar-refractivity contribution in [2.75, 3.05) is 16.7 Å². The minimum absolute atomic E-state index is 0.183. The molecule has 4 rings (SSSR count). The van der Waals surface area contributed by atoms with Gasteiger partial charge in [0.2, 0.25) is 0 Å². The Morgan fingerprint density at radius 1 is 0.969 bits per heavy atom. The molecule has 1 aromatic heterocycles. The molecule has 1 amide bonds. The number of hydrogen-bond acceptors (Lipinski definition) is 4. The Morgan fingerprint density at radius 3 is 2.31 bits per heavy atom. The van der Waals surface area contributed by atoms with E-state index in [1.165, 1.54) is 28.3 Å². The summed E-state index contributed by atoms with van der Waals surface area (Å²) in [4.78, 5) is 13.5. The predicted octanol–water partition coefficient (Wildman–Crippen LogP) is 5.85. The van der Waals surface area contributed by atoms with E-state index in [9.17, 15) is 13.2 Å². The summed E-state index contributed by atoms with van der Waals surface area (Å²) >= 11 is 1.38. The molecule has 3 aromatic carbocycles. The van der Waals surface area contributed by atoms with E-state index in [4.69, 9.17) is 0 Å². The van der Waals surface area contributed by atoms with Crippen LogP contribution in [0.5, 0.6) is 0 Å². The minimum atomic E-state index is -3.68. The lowest BCUT2D eigenvalue weighted by molar-refractivity contribution is 0.103. The van der Waals surface area contributed by atoms with Crippen molar-refractivity contribution in [3.05, 3.63) is 88.8 Å². The van der Waals surface area contributed by atoms with Crippen LogP contribution in [0.4, 0.5) is 11.4 Å². The number of benzene rings is 3. The summed E-state index contributed by atoms with van der Waals surface area (Å²) in [5.41, 5.74) is 3.49. The second-order valence-corrected chi connectivity index (χ2v) is 10.7. The highest BCUT2D eigenvalue weighted by atomic mass is 32.2. The molecule has 7 heteroatoms. The standard InChI is InChI=1S/C25H24N2O3S2/c1-4-18-7-9-20(10-8-18)26-25(28)24-16-19-15-21(11-14-23(19)31-24)27(3)32(29,30)22-12-5-17(2)6-13-22/h5-16H,4H2,1-3H3,(H,26,28). The highest BCUT2D eigenvalue weighted by Crippen LogP contribution is 2.31. The summed E-state index contributed by atoms with van der Waals surface area (Å²) < 4.78 is 28.2. The summed E-state index contributed by atoms with van der Waals surface area (Å²) in [6.07, 6.45) is 0.945. The van der Waals surface area contributed by atoms with Gasteiger partial charge in [0.15, 0.2) is 0 Å². The summed E-state index contributed by atoms with van der Waals surface area (Å²) in [5, 5.41) is 3.75. The molecule has 0 spiro atoms. The van der Waals surface area contributed by atoms with E-state index in [2.05, 4.69) is 12.2 Å². The molecule has 32 heavy (non-hydrogen) atoms. The lowest BCUT2D eigenvalue weighted by Crippen LogP contribution is -2.26. The van der Waals surface area contributed by atoms with Crippen LogP contribution in [0.1, 0.15) is 27.7 Å². The third kappa shape index (κ3) is 4.40. The van der Waals surface area contributed by atoms with Gasteiger partial charge in [-0.25, -0.2) is 8.42 Å². The van der Waals surface area contributed by atoms with Gasteiger partial charge in [-0.1, -0.05) is 36.8 Å². The Labute approximate surface area is 192 Å². The summed E-state index contributed by atoms with van der Waals surface area (Å²) in [6.45, 7) is 4.00. The van der Waals surface area contributed by atoms with Gasteiger partial charge in [-0.2, -0.15) is 0 Å². The first kappa shape index (κ1) is 22.0. The van der Waals surface area contributed by atoms with Crippen LogP contribution < -0.4 is 9.62 Å². The first-order chi connectivity index (χ1) is 15.3. The summed E-state index contributed by atoms with van der Waals surface area (Å²) in [6, 6.07) is 21.8. The third-order valence-electron chi connectivity index (χ3n) is 5.39. The number of aryl methyl sites for hydroxylation is 2. The zero-order valence-electron chi connectivity index (χ0n) is 18.1. The van der Waals surface area contributed by atoms with Gasteiger partial charge in [-0.3, -0.25) is 9.10 Å². The number of carbonyl (C=O) groups is 1. The molecular formula is C25H24N2O3S2. The Morgan fingerprint density at radius 2 is 1.66 bits per heavy atom. The highest BCUT2D eigenvalue weighted by Gasteiger charge is 2.22. The zero-order valence-corrected chi connectivity index (χ0v) is 19.8. The first-order valence-electron chi connectivity index (χ1n) is 10.3. The second kappa shape index (κ2) is 8.76. The van der Waals surface area contributed by atoms with Crippen LogP contribution in [-0.2, 0) is 16.4 Å². The van der Waals surface area contributed by atoms with Gasteiger partial charge in [0.25, 0.3) is 15.9 Å². The minimum Gasteiger partial charge on any atom is -0.321 e. The van der Waals surface area contributed by atoms with E-state index < -0.39 is 10.0 Å². The normalized spacial score (nSPS) is 11.5. The maximum atomic E-state index is 13.0. The molecule has 0 saturated heterocycles. The molecule has 0 saturated carbocycles. The number of sulfonamides is 1. The van der Waals surface area contributed by atoms with Crippen LogP contribution in [0.25, 0.3) is 10.1 Å². The molecule has 0 aliphatic heterocycles. The molecule has 1 N–H and O–H groups in total. The number of amides is 1. The van der Waals surface area contributed by atoms with E-state index in [0.29, 0.717) is 10.6 Å². The number of hydrogen-bond donors (Lipinski definition) is 1.